The van der Waals surface area contributed by atoms with Gasteiger partial charge in [-0.25, -0.2) is 0 Å². The van der Waals surface area contributed by atoms with Gasteiger partial charge in [-0.3, -0.25) is 9.78 Å². The topological polar surface area (TPSA) is 71.5 Å². The zero-order chi connectivity index (χ0) is 20.8. The molecule has 1 amide bonds. The van der Waals surface area contributed by atoms with Crippen LogP contribution in [0, 0.1) is 0 Å². The van der Waals surface area contributed by atoms with E-state index in [4.69, 9.17) is 4.74 Å². The van der Waals surface area contributed by atoms with Crippen LogP contribution in [0.3, 0.4) is 0 Å². The highest BCUT2D eigenvalue weighted by atomic mass is 16.5. The first-order valence-corrected chi connectivity index (χ1v) is 10.3. The first kappa shape index (κ1) is 20.3. The van der Waals surface area contributed by atoms with Crippen molar-refractivity contribution in [3.8, 4) is 0 Å². The summed E-state index contributed by atoms with van der Waals surface area (Å²) in [6.07, 6.45) is 9.82. The Morgan fingerprint density at radius 2 is 1.87 bits per heavy atom. The Labute approximate surface area is 176 Å². The van der Waals surface area contributed by atoms with E-state index in [0.717, 1.165) is 22.8 Å². The summed E-state index contributed by atoms with van der Waals surface area (Å²) >= 11 is 0. The molecule has 5 rings (SSSR count). The van der Waals surface area contributed by atoms with Gasteiger partial charge >= 0.3 is 0 Å². The van der Waals surface area contributed by atoms with Crippen LogP contribution in [-0.2, 0) is 11.2 Å². The van der Waals surface area contributed by atoms with E-state index in [-0.39, 0.29) is 12.5 Å². The first-order valence-electron chi connectivity index (χ1n) is 10.3. The molecular formula is C25H26N2O3. The van der Waals surface area contributed by atoms with E-state index in [1.165, 1.54) is 5.56 Å². The molecule has 3 aromatic rings. The molecule has 30 heavy (non-hydrogen) atoms. The standard InChI is InChI=1S/C20H21NO3.C5H5N/c22-13-20(9-11-24-12-10-20)21-19(23)17-8-7-15-4-1-3-14-5-2-6-16(17)18(14)15;1-2-4-6-5-3-1/h1-4,6-8,22H,5,9-13H2,(H,21,23);1-5H. The number of allylic oxidation sites excluding steroid dienone is 1. The lowest BCUT2D eigenvalue weighted by atomic mass is 9.88. The van der Waals surface area contributed by atoms with Gasteiger partial charge in [-0.2, -0.15) is 0 Å². The molecule has 5 heteroatoms. The molecule has 0 bridgehead atoms. The largest absolute Gasteiger partial charge is 0.394 e. The Bertz CT molecular complexity index is 1010. The number of benzene rings is 2. The lowest BCUT2D eigenvalue weighted by Crippen LogP contribution is -2.54. The van der Waals surface area contributed by atoms with Gasteiger partial charge in [0.15, 0.2) is 0 Å². The number of nitrogens with one attached hydrogen (secondary N) is 1. The van der Waals surface area contributed by atoms with Crippen molar-refractivity contribution in [3.63, 3.8) is 0 Å². The molecule has 1 aliphatic heterocycles. The van der Waals surface area contributed by atoms with Gasteiger partial charge in [-0.15, -0.1) is 0 Å². The van der Waals surface area contributed by atoms with Gasteiger partial charge < -0.3 is 15.2 Å². The van der Waals surface area contributed by atoms with Gasteiger partial charge in [0.05, 0.1) is 12.1 Å². The summed E-state index contributed by atoms with van der Waals surface area (Å²) in [5.41, 5.74) is 2.33. The Kier molecular flexibility index (Phi) is 6.21. The zero-order valence-corrected chi connectivity index (χ0v) is 16.9. The number of aliphatic hydroxyl groups is 1. The van der Waals surface area contributed by atoms with Crippen molar-refractivity contribution in [2.45, 2.75) is 24.8 Å². The van der Waals surface area contributed by atoms with Crippen molar-refractivity contribution in [1.82, 2.24) is 10.3 Å². The van der Waals surface area contributed by atoms with Crippen molar-refractivity contribution >= 4 is 22.8 Å². The second kappa shape index (κ2) is 9.20. The fourth-order valence-corrected chi connectivity index (χ4v) is 4.04. The maximum Gasteiger partial charge on any atom is 0.252 e. The number of amides is 1. The quantitative estimate of drug-likeness (QED) is 0.700. The molecule has 154 valence electrons. The maximum atomic E-state index is 12.9. The van der Waals surface area contributed by atoms with Gasteiger partial charge in [-0.05, 0) is 59.4 Å². The van der Waals surface area contributed by atoms with Gasteiger partial charge in [0.1, 0.15) is 0 Å². The Morgan fingerprint density at radius 3 is 2.53 bits per heavy atom. The average molecular weight is 402 g/mol. The molecule has 0 saturated carbocycles. The van der Waals surface area contributed by atoms with Gasteiger partial charge in [0, 0.05) is 31.2 Å². The zero-order valence-electron chi connectivity index (χ0n) is 16.9. The van der Waals surface area contributed by atoms with E-state index >= 15 is 0 Å². The number of carbonyl (C=O) groups is 1. The summed E-state index contributed by atoms with van der Waals surface area (Å²) in [5, 5.41) is 15.2. The molecule has 2 aromatic carbocycles. The smallest absolute Gasteiger partial charge is 0.252 e. The molecule has 0 radical (unpaired) electrons. The van der Waals surface area contributed by atoms with Crippen LogP contribution >= 0.6 is 0 Å². The fourth-order valence-electron chi connectivity index (χ4n) is 4.04. The second-order valence-corrected chi connectivity index (χ2v) is 7.68. The molecule has 0 unspecified atom stereocenters. The minimum Gasteiger partial charge on any atom is -0.394 e. The number of hydrogen-bond donors (Lipinski definition) is 2. The molecule has 1 aliphatic carbocycles. The molecule has 2 aliphatic rings. The number of nitrogens with zero attached hydrogens (tertiary/aromatic N) is 1. The van der Waals surface area contributed by atoms with Crippen LogP contribution in [0.4, 0.5) is 0 Å². The Hall–Kier alpha value is -3.02. The van der Waals surface area contributed by atoms with Crippen molar-refractivity contribution in [3.05, 3.63) is 83.7 Å². The summed E-state index contributed by atoms with van der Waals surface area (Å²) in [6, 6.07) is 15.9. The fraction of sp³-hybridized carbons (Fsp3) is 0.280. The number of rotatable bonds is 3. The summed E-state index contributed by atoms with van der Waals surface area (Å²) in [7, 11) is 0. The first-order chi connectivity index (χ1) is 14.7. The lowest BCUT2D eigenvalue weighted by Gasteiger charge is -2.36. The highest BCUT2D eigenvalue weighted by Crippen LogP contribution is 2.31. The highest BCUT2D eigenvalue weighted by molar-refractivity contribution is 6.06. The Morgan fingerprint density at radius 1 is 1.07 bits per heavy atom. The number of hydrogen-bond acceptors (Lipinski definition) is 4. The summed E-state index contributed by atoms with van der Waals surface area (Å²) < 4.78 is 5.37. The van der Waals surface area contributed by atoms with Crippen LogP contribution in [0.25, 0.3) is 16.8 Å². The van der Waals surface area contributed by atoms with Crippen molar-refractivity contribution in [2.75, 3.05) is 19.8 Å². The van der Waals surface area contributed by atoms with Crippen molar-refractivity contribution in [1.29, 1.82) is 0 Å². The van der Waals surface area contributed by atoms with Crippen LogP contribution in [0.1, 0.15) is 34.3 Å². The minimum atomic E-state index is -0.574. The van der Waals surface area contributed by atoms with Crippen molar-refractivity contribution in [2.24, 2.45) is 0 Å². The van der Waals surface area contributed by atoms with E-state index in [2.05, 4.69) is 34.6 Å². The van der Waals surface area contributed by atoms with Crippen LogP contribution in [0.5, 0.6) is 0 Å². The van der Waals surface area contributed by atoms with E-state index in [9.17, 15) is 9.90 Å². The van der Waals surface area contributed by atoms with Gasteiger partial charge in [0.2, 0.25) is 0 Å². The predicted molar refractivity (Wildman–Crippen MR) is 118 cm³/mol. The van der Waals surface area contributed by atoms with E-state index in [1.54, 1.807) is 12.4 Å². The molecule has 0 atom stereocenters. The van der Waals surface area contributed by atoms with Gasteiger partial charge in [0.25, 0.3) is 5.91 Å². The Balaban J connectivity index is 0.000000313. The minimum absolute atomic E-state index is 0.0634. The lowest BCUT2D eigenvalue weighted by molar-refractivity contribution is 0.0125. The third kappa shape index (κ3) is 4.27. The van der Waals surface area contributed by atoms with Gasteiger partial charge in [-0.1, -0.05) is 42.5 Å². The molecule has 5 nitrogen and oxygen atoms in total. The summed E-state index contributed by atoms with van der Waals surface area (Å²) in [6.45, 7) is 1.07. The molecule has 1 saturated heterocycles. The number of aliphatic hydroxyl groups excluding tert-OH is 1. The molecular weight excluding hydrogens is 376 g/mol. The number of carbonyl (C=O) groups excluding carboxylic acids is 1. The second-order valence-electron chi connectivity index (χ2n) is 7.68. The van der Waals surface area contributed by atoms with E-state index < -0.39 is 5.54 Å². The number of aromatic nitrogens is 1. The van der Waals surface area contributed by atoms with Crippen LogP contribution in [0.15, 0.2) is 67.0 Å². The monoisotopic (exact) mass is 402 g/mol. The van der Waals surface area contributed by atoms with Crippen molar-refractivity contribution < 1.29 is 14.6 Å². The summed E-state index contributed by atoms with van der Waals surface area (Å²) in [4.78, 5) is 16.7. The number of ether oxygens (including phenoxy) is 1. The van der Waals surface area contributed by atoms with Crippen LogP contribution in [-0.4, -0.2) is 41.4 Å². The SMILES string of the molecule is O=C(NC1(CO)CCOCC1)c1ccc2cccc3c2c1C=CC3.c1ccncc1. The molecule has 2 heterocycles. The maximum absolute atomic E-state index is 12.9. The summed E-state index contributed by atoms with van der Waals surface area (Å²) in [5.74, 6) is -0.121. The van der Waals surface area contributed by atoms with E-state index in [0.29, 0.717) is 31.6 Å². The third-order valence-electron chi connectivity index (χ3n) is 5.74. The third-order valence-corrected chi connectivity index (χ3v) is 5.74. The molecule has 0 spiro atoms. The highest BCUT2D eigenvalue weighted by Gasteiger charge is 2.34. The van der Waals surface area contributed by atoms with Crippen LogP contribution in [0.2, 0.25) is 0 Å². The van der Waals surface area contributed by atoms with E-state index in [1.807, 2.05) is 36.4 Å². The average Bonchev–Trinajstić information content (AvgIpc) is 2.82. The predicted octanol–water partition coefficient (Wildman–Crippen LogP) is 3.76. The molecule has 1 fully saturated rings. The van der Waals surface area contributed by atoms with Crippen LogP contribution < -0.4 is 5.32 Å². The molecule has 2 N–H and O–H groups in total. The molecule has 1 aromatic heterocycles. The normalized spacial score (nSPS) is 16.4. The number of pyridine rings is 1.